The van der Waals surface area contributed by atoms with Gasteiger partial charge in [0.25, 0.3) is 0 Å². The molecule has 0 aromatic heterocycles. The van der Waals surface area contributed by atoms with Crippen molar-refractivity contribution in [1.82, 2.24) is 5.32 Å². The highest BCUT2D eigenvalue weighted by Crippen LogP contribution is 2.20. The van der Waals surface area contributed by atoms with E-state index in [2.05, 4.69) is 17.4 Å². The Bertz CT molecular complexity index is 1220. The smallest absolute Gasteiger partial charge is 0.328 e. The molecule has 4 rings (SSSR count). The predicted octanol–water partition coefficient (Wildman–Crippen LogP) is 4.95. The minimum atomic E-state index is -0.740. The molecule has 0 radical (unpaired) electrons. The molecule has 0 unspecified atom stereocenters. The molecule has 0 heterocycles. The number of carbonyl (C=O) groups excluding carboxylic acids is 2. The molecule has 4 nitrogen and oxygen atoms in total. The molecular weight excluding hydrogens is 398 g/mol. The first-order valence-corrected chi connectivity index (χ1v) is 10.6. The van der Waals surface area contributed by atoms with Gasteiger partial charge in [0, 0.05) is 6.42 Å². The van der Waals surface area contributed by atoms with Gasteiger partial charge in [-0.3, -0.25) is 4.79 Å². The summed E-state index contributed by atoms with van der Waals surface area (Å²) in [6.45, 7) is 0. The number of hydrogen-bond donors (Lipinski definition) is 1. The molecular formula is C28H25NO3. The van der Waals surface area contributed by atoms with Gasteiger partial charge in [0.1, 0.15) is 6.04 Å². The van der Waals surface area contributed by atoms with Gasteiger partial charge in [0.15, 0.2) is 0 Å². The number of ether oxygens (including phenoxy) is 1. The van der Waals surface area contributed by atoms with E-state index in [4.69, 9.17) is 4.74 Å². The quantitative estimate of drug-likeness (QED) is 0.428. The van der Waals surface area contributed by atoms with Gasteiger partial charge in [0.2, 0.25) is 5.91 Å². The van der Waals surface area contributed by atoms with Gasteiger partial charge in [-0.25, -0.2) is 4.79 Å². The van der Waals surface area contributed by atoms with Crippen LogP contribution in [0.25, 0.3) is 21.9 Å². The number of amides is 1. The SMILES string of the molecule is COC(=O)[C@@H](Cc1ccc(-c2ccccc2)cc1)NC(=O)Cc1ccc2ccccc2c1. The Morgan fingerprint density at radius 1 is 0.750 bits per heavy atom. The molecule has 0 aliphatic carbocycles. The zero-order valence-electron chi connectivity index (χ0n) is 18.0. The van der Waals surface area contributed by atoms with Gasteiger partial charge in [0.05, 0.1) is 13.5 Å². The second-order valence-electron chi connectivity index (χ2n) is 7.77. The van der Waals surface area contributed by atoms with Crippen molar-refractivity contribution in [3.05, 3.63) is 108 Å². The van der Waals surface area contributed by atoms with Crippen LogP contribution in [0.4, 0.5) is 0 Å². The van der Waals surface area contributed by atoms with Crippen LogP contribution >= 0.6 is 0 Å². The minimum Gasteiger partial charge on any atom is -0.467 e. The predicted molar refractivity (Wildman–Crippen MR) is 127 cm³/mol. The Morgan fingerprint density at radius 2 is 1.38 bits per heavy atom. The Kier molecular flexibility index (Phi) is 6.61. The number of rotatable bonds is 7. The fourth-order valence-corrected chi connectivity index (χ4v) is 3.81. The molecule has 0 spiro atoms. The lowest BCUT2D eigenvalue weighted by Gasteiger charge is -2.17. The van der Waals surface area contributed by atoms with Crippen molar-refractivity contribution < 1.29 is 14.3 Å². The summed E-state index contributed by atoms with van der Waals surface area (Å²) >= 11 is 0. The average Bonchev–Trinajstić information content (AvgIpc) is 2.84. The summed E-state index contributed by atoms with van der Waals surface area (Å²) in [6, 6.07) is 31.3. The van der Waals surface area contributed by atoms with Crippen molar-refractivity contribution in [1.29, 1.82) is 0 Å². The second-order valence-corrected chi connectivity index (χ2v) is 7.77. The molecule has 1 amide bonds. The maximum absolute atomic E-state index is 12.7. The van der Waals surface area contributed by atoms with E-state index in [0.29, 0.717) is 6.42 Å². The normalized spacial score (nSPS) is 11.7. The van der Waals surface area contributed by atoms with Crippen LogP contribution in [0.1, 0.15) is 11.1 Å². The van der Waals surface area contributed by atoms with E-state index in [-0.39, 0.29) is 12.3 Å². The number of fused-ring (bicyclic) bond motifs is 1. The molecule has 0 fully saturated rings. The first kappa shape index (κ1) is 21.3. The van der Waals surface area contributed by atoms with E-state index in [1.165, 1.54) is 7.11 Å². The lowest BCUT2D eigenvalue weighted by molar-refractivity contribution is -0.145. The van der Waals surface area contributed by atoms with Crippen molar-refractivity contribution in [3.8, 4) is 11.1 Å². The number of esters is 1. The molecule has 4 aromatic rings. The topological polar surface area (TPSA) is 55.4 Å². The van der Waals surface area contributed by atoms with E-state index in [1.807, 2.05) is 84.9 Å². The Hall–Kier alpha value is -3.92. The van der Waals surface area contributed by atoms with E-state index in [1.54, 1.807) is 0 Å². The summed E-state index contributed by atoms with van der Waals surface area (Å²) in [4.78, 5) is 25.0. The number of hydrogen-bond acceptors (Lipinski definition) is 3. The summed E-state index contributed by atoms with van der Waals surface area (Å²) in [5, 5.41) is 5.06. The summed E-state index contributed by atoms with van der Waals surface area (Å²) in [5.41, 5.74) is 4.08. The molecule has 1 N–H and O–H groups in total. The number of nitrogens with one attached hydrogen (secondary N) is 1. The minimum absolute atomic E-state index is 0.200. The zero-order chi connectivity index (χ0) is 22.3. The maximum Gasteiger partial charge on any atom is 0.328 e. The molecule has 1 atom stereocenters. The molecule has 0 saturated carbocycles. The molecule has 160 valence electrons. The zero-order valence-corrected chi connectivity index (χ0v) is 18.0. The highest BCUT2D eigenvalue weighted by Gasteiger charge is 2.22. The standard InChI is InChI=1S/C28H25NO3/c1-32-28(31)26(18-20-11-14-24(15-12-20)22-7-3-2-4-8-22)29-27(30)19-21-13-16-23-9-5-6-10-25(23)17-21/h2-17,26H,18-19H2,1H3,(H,29,30)/t26-/m1/s1. The lowest BCUT2D eigenvalue weighted by Crippen LogP contribution is -2.43. The van der Waals surface area contributed by atoms with Crippen LogP contribution in [0.15, 0.2) is 97.1 Å². The third-order valence-corrected chi connectivity index (χ3v) is 5.50. The van der Waals surface area contributed by atoms with Crippen molar-refractivity contribution in [2.24, 2.45) is 0 Å². The van der Waals surface area contributed by atoms with Gasteiger partial charge in [-0.2, -0.15) is 0 Å². The summed E-state index contributed by atoms with van der Waals surface area (Å²) < 4.78 is 4.93. The fourth-order valence-electron chi connectivity index (χ4n) is 3.81. The van der Waals surface area contributed by atoms with Crippen LogP contribution in [0.2, 0.25) is 0 Å². The van der Waals surface area contributed by atoms with E-state index < -0.39 is 12.0 Å². The van der Waals surface area contributed by atoms with Crippen molar-refractivity contribution in [2.75, 3.05) is 7.11 Å². The van der Waals surface area contributed by atoms with Crippen LogP contribution in [0, 0.1) is 0 Å². The van der Waals surface area contributed by atoms with E-state index in [0.717, 1.165) is 33.0 Å². The Morgan fingerprint density at radius 3 is 2.09 bits per heavy atom. The first-order chi connectivity index (χ1) is 15.6. The van der Waals surface area contributed by atoms with Crippen LogP contribution < -0.4 is 5.32 Å². The third-order valence-electron chi connectivity index (χ3n) is 5.50. The molecule has 0 bridgehead atoms. The highest BCUT2D eigenvalue weighted by atomic mass is 16.5. The third kappa shape index (κ3) is 5.22. The summed E-state index contributed by atoms with van der Waals surface area (Å²) in [5.74, 6) is -0.666. The van der Waals surface area contributed by atoms with Crippen molar-refractivity contribution in [2.45, 2.75) is 18.9 Å². The molecule has 0 aliphatic heterocycles. The second kappa shape index (κ2) is 9.92. The van der Waals surface area contributed by atoms with Gasteiger partial charge in [-0.05, 0) is 33.0 Å². The largest absolute Gasteiger partial charge is 0.467 e. The molecule has 4 aromatic carbocycles. The Balaban J connectivity index is 1.43. The van der Waals surface area contributed by atoms with Gasteiger partial charge < -0.3 is 10.1 Å². The van der Waals surface area contributed by atoms with E-state index in [9.17, 15) is 9.59 Å². The van der Waals surface area contributed by atoms with Gasteiger partial charge in [-0.15, -0.1) is 0 Å². The number of carbonyl (C=O) groups is 2. The lowest BCUT2D eigenvalue weighted by atomic mass is 10.0. The molecule has 32 heavy (non-hydrogen) atoms. The summed E-state index contributed by atoms with van der Waals surface area (Å²) in [6.07, 6.45) is 0.566. The van der Waals surface area contributed by atoms with E-state index >= 15 is 0 Å². The molecule has 0 saturated heterocycles. The monoisotopic (exact) mass is 423 g/mol. The van der Waals surface area contributed by atoms with Gasteiger partial charge >= 0.3 is 5.97 Å². The van der Waals surface area contributed by atoms with Gasteiger partial charge in [-0.1, -0.05) is 97.1 Å². The van der Waals surface area contributed by atoms with Crippen LogP contribution in [0.5, 0.6) is 0 Å². The first-order valence-electron chi connectivity index (χ1n) is 10.6. The molecule has 4 heteroatoms. The fraction of sp³-hybridized carbons (Fsp3) is 0.143. The van der Waals surface area contributed by atoms with Crippen molar-refractivity contribution >= 4 is 22.6 Å². The number of methoxy groups -OCH3 is 1. The molecule has 0 aliphatic rings. The van der Waals surface area contributed by atoms with Crippen LogP contribution in [-0.2, 0) is 27.2 Å². The van der Waals surface area contributed by atoms with Crippen LogP contribution in [0.3, 0.4) is 0 Å². The van der Waals surface area contributed by atoms with Crippen molar-refractivity contribution in [3.63, 3.8) is 0 Å². The summed E-state index contributed by atoms with van der Waals surface area (Å²) in [7, 11) is 1.34. The maximum atomic E-state index is 12.7. The highest BCUT2D eigenvalue weighted by molar-refractivity contribution is 5.88. The average molecular weight is 424 g/mol. The van der Waals surface area contributed by atoms with Crippen LogP contribution in [-0.4, -0.2) is 25.0 Å². The number of benzene rings is 4. The Labute approximate surface area is 187 Å².